The first-order valence-electron chi connectivity index (χ1n) is 4.38. The average Bonchev–Trinajstić information content (AvgIpc) is 2.67. The SMILES string of the molecule is CCc1nnc(-c2ccccc2F)s1. The summed E-state index contributed by atoms with van der Waals surface area (Å²) in [4.78, 5) is 0. The molecule has 1 heterocycles. The number of nitrogens with zero attached hydrogens (tertiary/aromatic N) is 2. The maximum absolute atomic E-state index is 13.3. The number of hydrogen-bond acceptors (Lipinski definition) is 3. The normalized spacial score (nSPS) is 10.4. The van der Waals surface area contributed by atoms with Gasteiger partial charge in [0.1, 0.15) is 10.8 Å². The van der Waals surface area contributed by atoms with Gasteiger partial charge in [-0.25, -0.2) is 4.39 Å². The Hall–Kier alpha value is -1.29. The van der Waals surface area contributed by atoms with E-state index in [4.69, 9.17) is 0 Å². The van der Waals surface area contributed by atoms with Gasteiger partial charge in [0.05, 0.1) is 0 Å². The summed E-state index contributed by atoms with van der Waals surface area (Å²) >= 11 is 1.44. The lowest BCUT2D eigenvalue weighted by Gasteiger charge is -1.95. The predicted molar refractivity (Wildman–Crippen MR) is 54.7 cm³/mol. The van der Waals surface area contributed by atoms with Crippen molar-refractivity contribution in [3.63, 3.8) is 0 Å². The Morgan fingerprint density at radius 1 is 1.29 bits per heavy atom. The first-order valence-corrected chi connectivity index (χ1v) is 5.20. The first kappa shape index (κ1) is 9.27. The highest BCUT2D eigenvalue weighted by atomic mass is 32.1. The Morgan fingerprint density at radius 2 is 2.07 bits per heavy atom. The summed E-state index contributed by atoms with van der Waals surface area (Å²) in [7, 11) is 0. The minimum absolute atomic E-state index is 0.244. The van der Waals surface area contributed by atoms with Gasteiger partial charge in [0.25, 0.3) is 0 Å². The molecule has 1 aromatic heterocycles. The zero-order chi connectivity index (χ0) is 9.97. The lowest BCUT2D eigenvalue weighted by molar-refractivity contribution is 0.631. The Bertz CT molecular complexity index is 439. The zero-order valence-electron chi connectivity index (χ0n) is 7.70. The Morgan fingerprint density at radius 3 is 2.71 bits per heavy atom. The van der Waals surface area contributed by atoms with Crippen molar-refractivity contribution < 1.29 is 4.39 Å². The van der Waals surface area contributed by atoms with Gasteiger partial charge in [-0.05, 0) is 18.6 Å². The molecule has 0 spiro atoms. The van der Waals surface area contributed by atoms with Crippen LogP contribution >= 0.6 is 11.3 Å². The van der Waals surface area contributed by atoms with Gasteiger partial charge >= 0.3 is 0 Å². The third-order valence-electron chi connectivity index (χ3n) is 1.87. The second kappa shape index (κ2) is 3.84. The Labute approximate surface area is 85.4 Å². The summed E-state index contributed by atoms with van der Waals surface area (Å²) < 4.78 is 13.3. The minimum atomic E-state index is -0.244. The highest BCUT2D eigenvalue weighted by Gasteiger charge is 2.08. The van der Waals surface area contributed by atoms with Crippen molar-refractivity contribution >= 4 is 11.3 Å². The first-order chi connectivity index (χ1) is 6.81. The van der Waals surface area contributed by atoms with Gasteiger partial charge in [0.15, 0.2) is 5.01 Å². The van der Waals surface area contributed by atoms with Crippen molar-refractivity contribution in [2.24, 2.45) is 0 Å². The smallest absolute Gasteiger partial charge is 0.150 e. The van der Waals surface area contributed by atoms with Gasteiger partial charge in [-0.2, -0.15) is 0 Å². The molecule has 72 valence electrons. The molecule has 0 N–H and O–H groups in total. The van der Waals surface area contributed by atoms with Crippen LogP contribution in [-0.2, 0) is 6.42 Å². The van der Waals surface area contributed by atoms with Gasteiger partial charge in [0.2, 0.25) is 0 Å². The molecule has 2 rings (SSSR count). The number of aryl methyl sites for hydroxylation is 1. The summed E-state index contributed by atoms with van der Waals surface area (Å²) in [5, 5.41) is 9.49. The molecule has 0 radical (unpaired) electrons. The molecule has 1 aromatic carbocycles. The van der Waals surface area contributed by atoms with Crippen LogP contribution in [0.2, 0.25) is 0 Å². The van der Waals surface area contributed by atoms with Crippen LogP contribution < -0.4 is 0 Å². The number of benzene rings is 1. The van der Waals surface area contributed by atoms with Crippen LogP contribution in [0.1, 0.15) is 11.9 Å². The van der Waals surface area contributed by atoms with Gasteiger partial charge in [0, 0.05) is 5.56 Å². The average molecular weight is 208 g/mol. The predicted octanol–water partition coefficient (Wildman–Crippen LogP) is 2.91. The van der Waals surface area contributed by atoms with E-state index in [1.165, 1.54) is 17.4 Å². The second-order valence-electron chi connectivity index (χ2n) is 2.83. The fourth-order valence-electron chi connectivity index (χ4n) is 1.14. The Kier molecular flexibility index (Phi) is 2.54. The van der Waals surface area contributed by atoms with Crippen LogP contribution in [0.5, 0.6) is 0 Å². The van der Waals surface area contributed by atoms with Crippen molar-refractivity contribution in [1.29, 1.82) is 0 Å². The van der Waals surface area contributed by atoms with Gasteiger partial charge < -0.3 is 0 Å². The van der Waals surface area contributed by atoms with E-state index in [0.717, 1.165) is 11.4 Å². The van der Waals surface area contributed by atoms with Gasteiger partial charge in [-0.3, -0.25) is 0 Å². The van der Waals surface area contributed by atoms with Crippen LogP contribution in [0.3, 0.4) is 0 Å². The third-order valence-corrected chi connectivity index (χ3v) is 2.97. The quantitative estimate of drug-likeness (QED) is 0.758. The third kappa shape index (κ3) is 1.65. The maximum atomic E-state index is 13.3. The molecule has 0 aliphatic heterocycles. The number of aromatic nitrogens is 2. The van der Waals surface area contributed by atoms with Crippen LogP contribution in [-0.4, -0.2) is 10.2 Å². The van der Waals surface area contributed by atoms with Gasteiger partial charge in [-0.15, -0.1) is 10.2 Å². The second-order valence-corrected chi connectivity index (χ2v) is 3.90. The van der Waals surface area contributed by atoms with Crippen molar-refractivity contribution in [2.75, 3.05) is 0 Å². The molecule has 0 fully saturated rings. The van der Waals surface area contributed by atoms with Gasteiger partial charge in [-0.1, -0.05) is 30.4 Å². The highest BCUT2D eigenvalue weighted by molar-refractivity contribution is 7.14. The van der Waals surface area contributed by atoms with E-state index < -0.39 is 0 Å². The number of rotatable bonds is 2. The van der Waals surface area contributed by atoms with Crippen LogP contribution in [0.15, 0.2) is 24.3 Å². The zero-order valence-corrected chi connectivity index (χ0v) is 8.51. The van der Waals surface area contributed by atoms with Crippen LogP contribution in [0.4, 0.5) is 4.39 Å². The van der Waals surface area contributed by atoms with Crippen molar-refractivity contribution in [1.82, 2.24) is 10.2 Å². The molecule has 2 aromatic rings. The Balaban J connectivity index is 2.44. The summed E-state index contributed by atoms with van der Waals surface area (Å²) in [5.74, 6) is -0.244. The lowest BCUT2D eigenvalue weighted by atomic mass is 10.2. The van der Waals surface area contributed by atoms with E-state index in [1.54, 1.807) is 18.2 Å². The number of halogens is 1. The van der Waals surface area contributed by atoms with E-state index >= 15 is 0 Å². The molecule has 0 amide bonds. The number of hydrogen-bond donors (Lipinski definition) is 0. The fraction of sp³-hybridized carbons (Fsp3) is 0.200. The molecule has 0 saturated carbocycles. The summed E-state index contributed by atoms with van der Waals surface area (Å²) in [6.07, 6.45) is 0.839. The molecule has 0 aliphatic rings. The minimum Gasteiger partial charge on any atom is -0.206 e. The topological polar surface area (TPSA) is 25.8 Å². The van der Waals surface area contributed by atoms with E-state index in [-0.39, 0.29) is 5.82 Å². The van der Waals surface area contributed by atoms with E-state index in [2.05, 4.69) is 10.2 Å². The molecule has 2 nitrogen and oxygen atoms in total. The summed E-state index contributed by atoms with van der Waals surface area (Å²) in [6.45, 7) is 2.01. The fourth-order valence-corrected chi connectivity index (χ4v) is 1.95. The van der Waals surface area contributed by atoms with Crippen molar-refractivity contribution in [2.45, 2.75) is 13.3 Å². The maximum Gasteiger partial charge on any atom is 0.150 e. The van der Waals surface area contributed by atoms with E-state index in [0.29, 0.717) is 10.6 Å². The van der Waals surface area contributed by atoms with E-state index in [1.807, 2.05) is 6.92 Å². The molecular formula is C10H9FN2S. The summed E-state index contributed by atoms with van der Waals surface area (Å²) in [5.41, 5.74) is 0.532. The molecule has 0 aliphatic carbocycles. The van der Waals surface area contributed by atoms with E-state index in [9.17, 15) is 4.39 Å². The highest BCUT2D eigenvalue weighted by Crippen LogP contribution is 2.25. The molecule has 0 bridgehead atoms. The monoisotopic (exact) mass is 208 g/mol. The lowest BCUT2D eigenvalue weighted by Crippen LogP contribution is -1.82. The van der Waals surface area contributed by atoms with Crippen molar-refractivity contribution in [3.8, 4) is 10.6 Å². The van der Waals surface area contributed by atoms with Crippen molar-refractivity contribution in [3.05, 3.63) is 35.1 Å². The van der Waals surface area contributed by atoms with Crippen LogP contribution in [0.25, 0.3) is 10.6 Å². The molecule has 0 saturated heterocycles. The molecule has 14 heavy (non-hydrogen) atoms. The summed E-state index contributed by atoms with van der Waals surface area (Å²) in [6, 6.07) is 6.61. The molecule has 0 unspecified atom stereocenters. The largest absolute Gasteiger partial charge is 0.206 e. The standard InChI is InChI=1S/C10H9FN2S/c1-2-9-12-13-10(14-9)7-5-3-4-6-8(7)11/h3-6H,2H2,1H3. The molecule has 0 atom stereocenters. The van der Waals surface area contributed by atoms with Crippen LogP contribution in [0, 0.1) is 5.82 Å². The molecular weight excluding hydrogens is 199 g/mol. The molecule has 4 heteroatoms.